The SMILES string of the molecule is CCS(=O)(=O)c1ccc(C(C)NC(=O)NC2CCC(C(=O)O)CC2)cc1. The van der Waals surface area contributed by atoms with Gasteiger partial charge in [-0.3, -0.25) is 4.79 Å². The number of nitrogens with one attached hydrogen (secondary N) is 2. The Morgan fingerprint density at radius 3 is 2.23 bits per heavy atom. The number of carbonyl (C=O) groups is 2. The molecule has 0 aliphatic heterocycles. The molecule has 1 aliphatic carbocycles. The van der Waals surface area contributed by atoms with Crippen LogP contribution in [0.5, 0.6) is 0 Å². The lowest BCUT2D eigenvalue weighted by atomic mass is 9.86. The third-order valence-corrected chi connectivity index (χ3v) is 6.63. The summed E-state index contributed by atoms with van der Waals surface area (Å²) in [5.74, 6) is -1.03. The molecule has 0 saturated heterocycles. The van der Waals surface area contributed by atoms with E-state index in [-0.39, 0.29) is 34.7 Å². The van der Waals surface area contributed by atoms with E-state index >= 15 is 0 Å². The lowest BCUT2D eigenvalue weighted by Crippen LogP contribution is -2.44. The van der Waals surface area contributed by atoms with Gasteiger partial charge in [0.1, 0.15) is 0 Å². The number of sulfone groups is 1. The minimum absolute atomic E-state index is 0.0186. The second kappa shape index (κ2) is 8.53. The quantitative estimate of drug-likeness (QED) is 0.700. The highest BCUT2D eigenvalue weighted by molar-refractivity contribution is 7.91. The normalized spacial score (nSPS) is 21.6. The number of rotatable bonds is 6. The lowest BCUT2D eigenvalue weighted by Gasteiger charge is -2.27. The van der Waals surface area contributed by atoms with Crippen molar-refractivity contribution in [3.05, 3.63) is 29.8 Å². The van der Waals surface area contributed by atoms with Crippen molar-refractivity contribution in [1.82, 2.24) is 10.6 Å². The summed E-state index contributed by atoms with van der Waals surface area (Å²) in [7, 11) is -3.24. The zero-order chi connectivity index (χ0) is 19.3. The zero-order valence-corrected chi connectivity index (χ0v) is 15.9. The van der Waals surface area contributed by atoms with Gasteiger partial charge in [-0.2, -0.15) is 0 Å². The standard InChI is InChI=1S/C18H26N2O5S/c1-3-26(24,25)16-10-6-13(7-11-16)12(2)19-18(23)20-15-8-4-14(5-9-15)17(21)22/h6-7,10-12,14-15H,3-5,8-9H2,1-2H3,(H,21,22)(H2,19,20,23). The Kier molecular flexibility index (Phi) is 6.63. The predicted molar refractivity (Wildman–Crippen MR) is 97.6 cm³/mol. The monoisotopic (exact) mass is 382 g/mol. The minimum atomic E-state index is -3.24. The molecule has 7 nitrogen and oxygen atoms in total. The van der Waals surface area contributed by atoms with Gasteiger partial charge in [-0.25, -0.2) is 13.2 Å². The summed E-state index contributed by atoms with van der Waals surface area (Å²) >= 11 is 0. The zero-order valence-electron chi connectivity index (χ0n) is 15.1. The highest BCUT2D eigenvalue weighted by atomic mass is 32.2. The number of carboxylic acids is 1. The predicted octanol–water partition coefficient (Wildman–Crippen LogP) is 2.48. The maximum absolute atomic E-state index is 12.1. The first-order valence-corrected chi connectivity index (χ1v) is 10.5. The van der Waals surface area contributed by atoms with E-state index in [9.17, 15) is 18.0 Å². The van der Waals surface area contributed by atoms with Gasteiger partial charge in [-0.05, 0) is 50.3 Å². The molecule has 1 fully saturated rings. The van der Waals surface area contributed by atoms with Gasteiger partial charge >= 0.3 is 12.0 Å². The smallest absolute Gasteiger partial charge is 0.315 e. The Morgan fingerprint density at radius 1 is 1.15 bits per heavy atom. The largest absolute Gasteiger partial charge is 0.481 e. The third-order valence-electron chi connectivity index (χ3n) is 4.88. The van der Waals surface area contributed by atoms with Crippen LogP contribution in [0.2, 0.25) is 0 Å². The number of carboxylic acid groups (broad SMARTS) is 1. The van der Waals surface area contributed by atoms with Crippen LogP contribution in [0, 0.1) is 5.92 Å². The van der Waals surface area contributed by atoms with E-state index in [0.29, 0.717) is 25.7 Å². The van der Waals surface area contributed by atoms with Gasteiger partial charge in [0.2, 0.25) is 0 Å². The fourth-order valence-electron chi connectivity index (χ4n) is 3.12. The number of carbonyl (C=O) groups excluding carboxylic acids is 1. The van der Waals surface area contributed by atoms with Crippen LogP contribution in [0.15, 0.2) is 29.2 Å². The number of hydrogen-bond donors (Lipinski definition) is 3. The molecular formula is C18H26N2O5S. The molecule has 1 atom stereocenters. The summed E-state index contributed by atoms with van der Waals surface area (Å²) in [6.07, 6.45) is 2.46. The highest BCUT2D eigenvalue weighted by Gasteiger charge is 2.27. The molecule has 1 aromatic rings. The summed E-state index contributed by atoms with van der Waals surface area (Å²) < 4.78 is 23.7. The van der Waals surface area contributed by atoms with E-state index in [1.807, 2.05) is 6.92 Å². The molecule has 0 spiro atoms. The Balaban J connectivity index is 1.86. The van der Waals surface area contributed by atoms with Crippen molar-refractivity contribution < 1.29 is 23.1 Å². The summed E-state index contributed by atoms with van der Waals surface area (Å²) in [5.41, 5.74) is 0.810. The van der Waals surface area contributed by atoms with Crippen molar-refractivity contribution in [2.45, 2.75) is 56.5 Å². The van der Waals surface area contributed by atoms with E-state index in [2.05, 4.69) is 10.6 Å². The first kappa shape index (κ1) is 20.2. The molecule has 2 amide bonds. The number of aliphatic carboxylic acids is 1. The van der Waals surface area contributed by atoms with Crippen LogP contribution in [0.4, 0.5) is 4.79 Å². The minimum Gasteiger partial charge on any atom is -0.481 e. The number of hydrogen-bond acceptors (Lipinski definition) is 4. The van der Waals surface area contributed by atoms with Gasteiger partial charge in [-0.1, -0.05) is 19.1 Å². The van der Waals surface area contributed by atoms with Gasteiger partial charge in [0.05, 0.1) is 22.6 Å². The van der Waals surface area contributed by atoms with E-state index in [1.165, 1.54) is 0 Å². The molecule has 0 radical (unpaired) electrons. The number of urea groups is 1. The van der Waals surface area contributed by atoms with E-state index in [0.717, 1.165) is 5.56 Å². The molecule has 8 heteroatoms. The fraction of sp³-hybridized carbons (Fsp3) is 0.556. The molecular weight excluding hydrogens is 356 g/mol. The fourth-order valence-corrected chi connectivity index (χ4v) is 4.01. The van der Waals surface area contributed by atoms with Crippen molar-refractivity contribution in [2.24, 2.45) is 5.92 Å². The second-order valence-corrected chi connectivity index (χ2v) is 8.98. The Labute approximate surface area is 154 Å². The van der Waals surface area contributed by atoms with Crippen molar-refractivity contribution in [2.75, 3.05) is 5.75 Å². The molecule has 1 unspecified atom stereocenters. The molecule has 144 valence electrons. The molecule has 1 aromatic carbocycles. The van der Waals surface area contributed by atoms with Crippen LogP contribution >= 0.6 is 0 Å². The van der Waals surface area contributed by atoms with Crippen LogP contribution < -0.4 is 10.6 Å². The molecule has 3 N–H and O–H groups in total. The molecule has 1 saturated carbocycles. The first-order valence-electron chi connectivity index (χ1n) is 8.85. The topological polar surface area (TPSA) is 113 Å². The third kappa shape index (κ3) is 5.20. The molecule has 2 rings (SSSR count). The number of amides is 2. The van der Waals surface area contributed by atoms with Crippen molar-refractivity contribution in [3.8, 4) is 0 Å². The maximum Gasteiger partial charge on any atom is 0.315 e. The summed E-state index contributed by atoms with van der Waals surface area (Å²) in [5, 5.41) is 14.7. The van der Waals surface area contributed by atoms with Crippen LogP contribution in [-0.4, -0.2) is 37.3 Å². The highest BCUT2D eigenvalue weighted by Crippen LogP contribution is 2.24. The van der Waals surface area contributed by atoms with Gasteiger partial charge in [0.15, 0.2) is 9.84 Å². The van der Waals surface area contributed by atoms with Crippen molar-refractivity contribution in [1.29, 1.82) is 0 Å². The van der Waals surface area contributed by atoms with Crippen LogP contribution in [0.1, 0.15) is 51.1 Å². The first-order chi connectivity index (χ1) is 12.2. The molecule has 0 aromatic heterocycles. The second-order valence-electron chi connectivity index (χ2n) is 6.70. The summed E-state index contributed by atoms with van der Waals surface area (Å²) in [4.78, 5) is 23.4. The van der Waals surface area contributed by atoms with Gasteiger partial charge in [0.25, 0.3) is 0 Å². The molecule has 26 heavy (non-hydrogen) atoms. The van der Waals surface area contributed by atoms with Crippen LogP contribution in [0.25, 0.3) is 0 Å². The van der Waals surface area contributed by atoms with Crippen molar-refractivity contribution in [3.63, 3.8) is 0 Å². The average molecular weight is 382 g/mol. The van der Waals surface area contributed by atoms with E-state index in [4.69, 9.17) is 5.11 Å². The van der Waals surface area contributed by atoms with Crippen LogP contribution in [0.3, 0.4) is 0 Å². The van der Waals surface area contributed by atoms with Gasteiger partial charge in [-0.15, -0.1) is 0 Å². The maximum atomic E-state index is 12.1. The van der Waals surface area contributed by atoms with E-state index in [1.54, 1.807) is 31.2 Å². The summed E-state index contributed by atoms with van der Waals surface area (Å²) in [6.45, 7) is 3.42. The van der Waals surface area contributed by atoms with Crippen molar-refractivity contribution >= 4 is 21.8 Å². The Bertz CT molecular complexity index is 737. The van der Waals surface area contributed by atoms with Gasteiger partial charge < -0.3 is 15.7 Å². The molecule has 1 aliphatic rings. The molecule has 0 heterocycles. The Morgan fingerprint density at radius 2 is 1.73 bits per heavy atom. The lowest BCUT2D eigenvalue weighted by molar-refractivity contribution is -0.142. The number of benzene rings is 1. The van der Waals surface area contributed by atoms with Crippen LogP contribution in [-0.2, 0) is 14.6 Å². The van der Waals surface area contributed by atoms with Gasteiger partial charge in [0, 0.05) is 6.04 Å². The average Bonchev–Trinajstić information content (AvgIpc) is 2.62. The summed E-state index contributed by atoms with van der Waals surface area (Å²) in [6, 6.07) is 5.91. The van der Waals surface area contributed by atoms with E-state index < -0.39 is 15.8 Å². The molecule has 0 bridgehead atoms. The Hall–Kier alpha value is -2.09.